The van der Waals surface area contributed by atoms with Gasteiger partial charge in [-0.1, -0.05) is 26.0 Å². The van der Waals surface area contributed by atoms with Crippen LogP contribution in [-0.2, 0) is 0 Å². The zero-order chi connectivity index (χ0) is 19.8. The Morgan fingerprint density at radius 2 is 1.64 bits per heavy atom. The summed E-state index contributed by atoms with van der Waals surface area (Å²) in [7, 11) is 0. The van der Waals surface area contributed by atoms with E-state index in [0.717, 1.165) is 18.8 Å². The van der Waals surface area contributed by atoms with Gasteiger partial charge in [-0.15, -0.1) is 0 Å². The van der Waals surface area contributed by atoms with Crippen molar-refractivity contribution in [2.45, 2.75) is 27.2 Å². The first kappa shape index (κ1) is 18.4. The fraction of sp³-hybridized carbons (Fsp3) is 0.348. The second-order valence-electron chi connectivity index (χ2n) is 8.02. The molecular weight excluding hydrogens is 350 g/mol. The number of likely N-dealkylation sites (tertiary alicyclic amines) is 1. The maximum Gasteiger partial charge on any atom is 0.265 e. The summed E-state index contributed by atoms with van der Waals surface area (Å²) in [6.45, 7) is 7.82. The molecule has 5 nitrogen and oxygen atoms in total. The van der Waals surface area contributed by atoms with Crippen molar-refractivity contribution in [1.29, 1.82) is 0 Å². The Morgan fingerprint density at radius 3 is 2.32 bits per heavy atom. The van der Waals surface area contributed by atoms with Crippen LogP contribution in [0.5, 0.6) is 0 Å². The Morgan fingerprint density at radius 1 is 1.00 bits per heavy atom. The number of para-hydroxylation sites is 1. The van der Waals surface area contributed by atoms with Crippen LogP contribution in [-0.4, -0.2) is 33.4 Å². The van der Waals surface area contributed by atoms with Crippen LogP contribution in [0.1, 0.15) is 36.5 Å². The fourth-order valence-electron chi connectivity index (χ4n) is 4.31. The molecule has 28 heavy (non-hydrogen) atoms. The summed E-state index contributed by atoms with van der Waals surface area (Å²) in [6, 6.07) is 14.6. The number of carbonyl (C=O) groups excluding carboxylic acids is 1. The van der Waals surface area contributed by atoms with Crippen LogP contribution in [0, 0.1) is 18.8 Å². The lowest BCUT2D eigenvalue weighted by Gasteiger charge is -2.35. The lowest BCUT2D eigenvalue weighted by molar-refractivity contribution is 0.0623. The largest absolute Gasteiger partial charge is 0.338 e. The van der Waals surface area contributed by atoms with Gasteiger partial charge in [0.05, 0.1) is 16.6 Å². The first-order valence-corrected chi connectivity index (χ1v) is 9.82. The molecule has 4 rings (SSSR count). The van der Waals surface area contributed by atoms with Gasteiger partial charge in [0.25, 0.3) is 11.5 Å². The molecule has 2 atom stereocenters. The predicted octanol–water partition coefficient (Wildman–Crippen LogP) is 3.81. The first-order valence-electron chi connectivity index (χ1n) is 9.82. The van der Waals surface area contributed by atoms with Gasteiger partial charge in [0.15, 0.2) is 0 Å². The zero-order valence-electron chi connectivity index (χ0n) is 16.6. The van der Waals surface area contributed by atoms with Crippen LogP contribution >= 0.6 is 0 Å². The van der Waals surface area contributed by atoms with Gasteiger partial charge in [-0.3, -0.25) is 14.2 Å². The molecule has 2 heterocycles. The van der Waals surface area contributed by atoms with Crippen LogP contribution in [0.25, 0.3) is 16.6 Å². The molecule has 0 radical (unpaired) electrons. The Hall–Kier alpha value is -2.95. The third kappa shape index (κ3) is 3.33. The minimum atomic E-state index is -0.0964. The van der Waals surface area contributed by atoms with E-state index in [1.807, 2.05) is 54.3 Å². The monoisotopic (exact) mass is 375 g/mol. The highest BCUT2D eigenvalue weighted by Gasteiger charge is 2.26. The van der Waals surface area contributed by atoms with Crippen LogP contribution in [0.4, 0.5) is 0 Å². The summed E-state index contributed by atoms with van der Waals surface area (Å²) < 4.78 is 1.60. The van der Waals surface area contributed by atoms with Crippen molar-refractivity contribution in [3.8, 4) is 5.69 Å². The zero-order valence-corrected chi connectivity index (χ0v) is 16.6. The third-order valence-corrected chi connectivity index (χ3v) is 5.47. The number of hydrogen-bond donors (Lipinski definition) is 0. The van der Waals surface area contributed by atoms with Gasteiger partial charge in [0.2, 0.25) is 0 Å². The van der Waals surface area contributed by atoms with E-state index in [1.165, 1.54) is 6.42 Å². The summed E-state index contributed by atoms with van der Waals surface area (Å²) in [5, 5.41) is 0.588. The maximum absolute atomic E-state index is 12.9. The lowest BCUT2D eigenvalue weighted by Crippen LogP contribution is -2.42. The average Bonchev–Trinajstić information content (AvgIpc) is 2.67. The third-order valence-electron chi connectivity index (χ3n) is 5.47. The topological polar surface area (TPSA) is 55.2 Å². The van der Waals surface area contributed by atoms with E-state index in [2.05, 4.69) is 18.8 Å². The standard InChI is InChI=1S/C23H25N3O2/c1-15-12-16(2)14-25(13-15)22(27)18-8-10-19(11-9-18)26-17(3)24-21-7-5-4-6-20(21)23(26)28/h4-11,15-16H,12-14H2,1-3H3/t15-,16+. The molecule has 0 N–H and O–H groups in total. The van der Waals surface area contributed by atoms with E-state index in [0.29, 0.717) is 34.1 Å². The Bertz CT molecular complexity index is 1080. The summed E-state index contributed by atoms with van der Waals surface area (Å²) in [4.78, 5) is 32.3. The molecule has 3 aromatic rings. The molecule has 0 bridgehead atoms. The van der Waals surface area contributed by atoms with E-state index >= 15 is 0 Å². The SMILES string of the molecule is Cc1nc2ccccc2c(=O)n1-c1ccc(C(=O)N2C[C@H](C)C[C@H](C)C2)cc1. The van der Waals surface area contributed by atoms with E-state index in [4.69, 9.17) is 0 Å². The fourth-order valence-corrected chi connectivity index (χ4v) is 4.31. The van der Waals surface area contributed by atoms with Crippen molar-refractivity contribution in [2.24, 2.45) is 11.8 Å². The van der Waals surface area contributed by atoms with Gasteiger partial charge in [-0.25, -0.2) is 4.98 Å². The highest BCUT2D eigenvalue weighted by molar-refractivity contribution is 5.94. The molecule has 0 saturated carbocycles. The number of amides is 1. The normalized spacial score (nSPS) is 19.8. The van der Waals surface area contributed by atoms with Crippen molar-refractivity contribution in [1.82, 2.24) is 14.5 Å². The minimum Gasteiger partial charge on any atom is -0.338 e. The molecular formula is C23H25N3O2. The molecule has 0 unspecified atom stereocenters. The predicted molar refractivity (Wildman–Crippen MR) is 111 cm³/mol. The number of hydrogen-bond acceptors (Lipinski definition) is 3. The van der Waals surface area contributed by atoms with Crippen LogP contribution in [0.3, 0.4) is 0 Å². The molecule has 1 fully saturated rings. The van der Waals surface area contributed by atoms with Crippen molar-refractivity contribution >= 4 is 16.8 Å². The van der Waals surface area contributed by atoms with E-state index < -0.39 is 0 Å². The van der Waals surface area contributed by atoms with Crippen molar-refractivity contribution in [3.05, 3.63) is 70.3 Å². The summed E-state index contributed by atoms with van der Waals surface area (Å²) in [5.74, 6) is 1.74. The van der Waals surface area contributed by atoms with Gasteiger partial charge in [0.1, 0.15) is 5.82 Å². The number of aryl methyl sites for hydroxylation is 1. The Balaban J connectivity index is 1.66. The van der Waals surface area contributed by atoms with Crippen LogP contribution in [0.2, 0.25) is 0 Å². The van der Waals surface area contributed by atoms with Crippen LogP contribution < -0.4 is 5.56 Å². The first-order chi connectivity index (χ1) is 13.4. The van der Waals surface area contributed by atoms with Crippen molar-refractivity contribution in [2.75, 3.05) is 13.1 Å². The van der Waals surface area contributed by atoms with Gasteiger partial charge in [-0.2, -0.15) is 0 Å². The average molecular weight is 375 g/mol. The molecule has 1 amide bonds. The Labute approximate surface area is 164 Å². The number of carbonyl (C=O) groups is 1. The van der Waals surface area contributed by atoms with Crippen molar-refractivity contribution in [3.63, 3.8) is 0 Å². The summed E-state index contributed by atoms with van der Waals surface area (Å²) >= 11 is 0. The van der Waals surface area contributed by atoms with Gasteiger partial charge < -0.3 is 4.90 Å². The molecule has 1 aromatic heterocycles. The number of rotatable bonds is 2. The van der Waals surface area contributed by atoms with Gasteiger partial charge in [0, 0.05) is 18.7 Å². The molecule has 2 aromatic carbocycles. The van der Waals surface area contributed by atoms with Crippen molar-refractivity contribution < 1.29 is 4.79 Å². The van der Waals surface area contributed by atoms with E-state index in [9.17, 15) is 9.59 Å². The highest BCUT2D eigenvalue weighted by Crippen LogP contribution is 2.23. The molecule has 1 aliphatic heterocycles. The number of nitrogens with zero attached hydrogens (tertiary/aromatic N) is 3. The van der Waals surface area contributed by atoms with E-state index in [-0.39, 0.29) is 11.5 Å². The molecule has 0 aliphatic carbocycles. The van der Waals surface area contributed by atoms with Crippen LogP contribution in [0.15, 0.2) is 53.3 Å². The molecule has 0 spiro atoms. The summed E-state index contributed by atoms with van der Waals surface area (Å²) in [6.07, 6.45) is 1.17. The number of piperidine rings is 1. The second-order valence-corrected chi connectivity index (χ2v) is 8.02. The van der Waals surface area contributed by atoms with E-state index in [1.54, 1.807) is 10.6 Å². The Kier molecular flexibility index (Phi) is 4.75. The number of fused-ring (bicyclic) bond motifs is 1. The van der Waals surface area contributed by atoms with Gasteiger partial charge in [-0.05, 0) is 61.6 Å². The van der Waals surface area contributed by atoms with Gasteiger partial charge >= 0.3 is 0 Å². The minimum absolute atomic E-state index is 0.0608. The summed E-state index contributed by atoms with van der Waals surface area (Å²) in [5.41, 5.74) is 1.98. The number of benzene rings is 2. The maximum atomic E-state index is 12.9. The smallest absolute Gasteiger partial charge is 0.265 e. The second kappa shape index (κ2) is 7.23. The lowest BCUT2D eigenvalue weighted by atomic mass is 9.91. The molecule has 144 valence electrons. The number of aromatic nitrogens is 2. The quantitative estimate of drug-likeness (QED) is 0.684. The molecule has 1 aliphatic rings. The molecule has 5 heteroatoms. The highest BCUT2D eigenvalue weighted by atomic mass is 16.2. The molecule has 1 saturated heterocycles.